The fourth-order valence-electron chi connectivity index (χ4n) is 2.40. The monoisotopic (exact) mass is 298 g/mol. The van der Waals surface area contributed by atoms with Gasteiger partial charge in [-0.3, -0.25) is 14.5 Å². The second-order valence-electron chi connectivity index (χ2n) is 6.25. The third-order valence-corrected chi connectivity index (χ3v) is 4.16. The normalized spacial score (nSPS) is 21.7. The number of hydrogen-bond acceptors (Lipinski definition) is 4. The first-order valence-electron chi connectivity index (χ1n) is 7.88. The van der Waals surface area contributed by atoms with Crippen LogP contribution < -0.4 is 16.0 Å². The second-order valence-corrected chi connectivity index (χ2v) is 6.25. The molecule has 0 aliphatic carbocycles. The van der Waals surface area contributed by atoms with Crippen molar-refractivity contribution in [1.82, 2.24) is 20.9 Å². The van der Waals surface area contributed by atoms with Gasteiger partial charge in [-0.15, -0.1) is 0 Å². The van der Waals surface area contributed by atoms with Gasteiger partial charge in [-0.2, -0.15) is 0 Å². The summed E-state index contributed by atoms with van der Waals surface area (Å²) in [7, 11) is 0. The van der Waals surface area contributed by atoms with E-state index in [1.54, 1.807) is 0 Å². The van der Waals surface area contributed by atoms with Gasteiger partial charge in [-0.25, -0.2) is 0 Å². The molecule has 0 saturated carbocycles. The molecule has 0 aromatic carbocycles. The van der Waals surface area contributed by atoms with Crippen LogP contribution in [0.4, 0.5) is 0 Å². The van der Waals surface area contributed by atoms with Crippen molar-refractivity contribution >= 4 is 11.8 Å². The zero-order valence-electron chi connectivity index (χ0n) is 14.0. The van der Waals surface area contributed by atoms with Crippen molar-refractivity contribution in [3.05, 3.63) is 0 Å². The van der Waals surface area contributed by atoms with Crippen molar-refractivity contribution in [2.24, 2.45) is 0 Å². The number of piperazine rings is 1. The van der Waals surface area contributed by atoms with Crippen molar-refractivity contribution in [1.29, 1.82) is 0 Å². The largest absolute Gasteiger partial charge is 0.355 e. The van der Waals surface area contributed by atoms with E-state index in [4.69, 9.17) is 0 Å². The number of rotatable bonds is 6. The van der Waals surface area contributed by atoms with Crippen LogP contribution in [0.15, 0.2) is 0 Å². The smallest absolute Gasteiger partial charge is 0.238 e. The Labute approximate surface area is 128 Å². The molecule has 1 aliphatic rings. The van der Waals surface area contributed by atoms with Gasteiger partial charge in [0.2, 0.25) is 11.8 Å². The molecule has 21 heavy (non-hydrogen) atoms. The molecule has 1 fully saturated rings. The fourth-order valence-corrected chi connectivity index (χ4v) is 2.40. The van der Waals surface area contributed by atoms with E-state index in [1.165, 1.54) is 0 Å². The van der Waals surface area contributed by atoms with E-state index in [0.717, 1.165) is 13.0 Å². The third-order valence-electron chi connectivity index (χ3n) is 4.16. The van der Waals surface area contributed by atoms with Gasteiger partial charge in [-0.05, 0) is 34.1 Å². The van der Waals surface area contributed by atoms with Crippen molar-refractivity contribution in [3.8, 4) is 0 Å². The van der Waals surface area contributed by atoms with Gasteiger partial charge < -0.3 is 16.0 Å². The first-order chi connectivity index (χ1) is 9.82. The highest BCUT2D eigenvalue weighted by Gasteiger charge is 2.35. The Morgan fingerprint density at radius 1 is 1.38 bits per heavy atom. The minimum atomic E-state index is -0.314. The summed E-state index contributed by atoms with van der Waals surface area (Å²) in [6.07, 6.45) is 0.868. The number of carbonyl (C=O) groups is 2. The molecule has 3 N–H and O–H groups in total. The standard InChI is InChI=1S/C15H30N4O2/c1-6-15(4,5)18-13(20)11(3)19-9-8-16-10-12(19)14(21)17-7-2/h11-12,16H,6-10H2,1-5H3,(H,17,21)(H,18,20). The van der Waals surface area contributed by atoms with E-state index in [9.17, 15) is 9.59 Å². The minimum Gasteiger partial charge on any atom is -0.355 e. The van der Waals surface area contributed by atoms with Crippen LogP contribution in [0.2, 0.25) is 0 Å². The maximum absolute atomic E-state index is 12.4. The maximum Gasteiger partial charge on any atom is 0.238 e. The molecule has 6 heteroatoms. The molecule has 1 aliphatic heterocycles. The van der Waals surface area contributed by atoms with Crippen molar-refractivity contribution < 1.29 is 9.59 Å². The van der Waals surface area contributed by atoms with Gasteiger partial charge in [0.15, 0.2) is 0 Å². The van der Waals surface area contributed by atoms with Gasteiger partial charge in [0.25, 0.3) is 0 Å². The van der Waals surface area contributed by atoms with Crippen molar-refractivity contribution in [2.45, 2.75) is 58.7 Å². The van der Waals surface area contributed by atoms with Gasteiger partial charge in [0.05, 0.1) is 6.04 Å². The Morgan fingerprint density at radius 3 is 2.62 bits per heavy atom. The van der Waals surface area contributed by atoms with E-state index < -0.39 is 0 Å². The van der Waals surface area contributed by atoms with E-state index in [1.807, 2.05) is 39.5 Å². The zero-order valence-corrected chi connectivity index (χ0v) is 14.0. The molecule has 122 valence electrons. The Morgan fingerprint density at radius 2 is 2.05 bits per heavy atom. The third kappa shape index (κ3) is 4.97. The van der Waals surface area contributed by atoms with Crippen LogP contribution in [0.5, 0.6) is 0 Å². The number of nitrogens with zero attached hydrogens (tertiary/aromatic N) is 1. The number of hydrogen-bond donors (Lipinski definition) is 3. The van der Waals surface area contributed by atoms with Crippen LogP contribution in [-0.4, -0.2) is 60.5 Å². The van der Waals surface area contributed by atoms with Crippen LogP contribution in [-0.2, 0) is 9.59 Å². The number of amides is 2. The topological polar surface area (TPSA) is 73.5 Å². The first-order valence-corrected chi connectivity index (χ1v) is 7.88. The molecule has 0 aromatic rings. The second kappa shape index (κ2) is 7.75. The number of likely N-dealkylation sites (N-methyl/N-ethyl adjacent to an activating group) is 1. The Hall–Kier alpha value is -1.14. The molecular weight excluding hydrogens is 268 g/mol. The van der Waals surface area contributed by atoms with E-state index in [-0.39, 0.29) is 29.4 Å². The molecule has 2 atom stereocenters. The van der Waals surface area contributed by atoms with Crippen LogP contribution in [0.25, 0.3) is 0 Å². The predicted molar refractivity (Wildman–Crippen MR) is 84.0 cm³/mol. The number of carbonyl (C=O) groups excluding carboxylic acids is 2. The summed E-state index contributed by atoms with van der Waals surface area (Å²) in [5.74, 6) is -0.0304. The summed E-state index contributed by atoms with van der Waals surface area (Å²) in [5, 5.41) is 9.13. The summed E-state index contributed by atoms with van der Waals surface area (Å²) in [6.45, 7) is 12.5. The maximum atomic E-state index is 12.4. The Balaban J connectivity index is 2.74. The SMILES string of the molecule is CCNC(=O)C1CNCCN1C(C)C(=O)NC(C)(C)CC. The van der Waals surface area contributed by atoms with Gasteiger partial charge >= 0.3 is 0 Å². The van der Waals surface area contributed by atoms with Gasteiger partial charge in [0, 0.05) is 31.7 Å². The van der Waals surface area contributed by atoms with Crippen molar-refractivity contribution in [3.63, 3.8) is 0 Å². The molecule has 2 amide bonds. The fraction of sp³-hybridized carbons (Fsp3) is 0.867. The van der Waals surface area contributed by atoms with E-state index in [2.05, 4.69) is 16.0 Å². The molecule has 0 aromatic heterocycles. The molecule has 2 unspecified atom stereocenters. The highest BCUT2D eigenvalue weighted by atomic mass is 16.2. The van der Waals surface area contributed by atoms with Gasteiger partial charge in [-0.1, -0.05) is 6.92 Å². The zero-order chi connectivity index (χ0) is 16.0. The van der Waals surface area contributed by atoms with E-state index in [0.29, 0.717) is 19.6 Å². The summed E-state index contributed by atoms with van der Waals surface area (Å²) in [4.78, 5) is 26.6. The number of nitrogens with one attached hydrogen (secondary N) is 3. The minimum absolute atomic E-state index is 0.0147. The molecule has 1 rings (SSSR count). The van der Waals surface area contributed by atoms with Crippen LogP contribution >= 0.6 is 0 Å². The average Bonchev–Trinajstić information content (AvgIpc) is 2.46. The van der Waals surface area contributed by atoms with E-state index >= 15 is 0 Å². The Kier molecular flexibility index (Phi) is 6.61. The Bertz CT molecular complexity index is 371. The quantitative estimate of drug-likeness (QED) is 0.650. The average molecular weight is 298 g/mol. The lowest BCUT2D eigenvalue weighted by Gasteiger charge is -2.39. The lowest BCUT2D eigenvalue weighted by atomic mass is 10.0. The molecule has 1 heterocycles. The first kappa shape index (κ1) is 17.9. The summed E-state index contributed by atoms with van der Waals surface area (Å²) >= 11 is 0. The summed E-state index contributed by atoms with van der Waals surface area (Å²) in [6, 6.07) is -0.602. The molecule has 1 saturated heterocycles. The van der Waals surface area contributed by atoms with Crippen LogP contribution in [0.1, 0.15) is 41.0 Å². The van der Waals surface area contributed by atoms with Crippen LogP contribution in [0.3, 0.4) is 0 Å². The molecular formula is C15H30N4O2. The lowest BCUT2D eigenvalue weighted by Crippen LogP contribution is -2.63. The molecule has 6 nitrogen and oxygen atoms in total. The van der Waals surface area contributed by atoms with Crippen molar-refractivity contribution in [2.75, 3.05) is 26.2 Å². The lowest BCUT2D eigenvalue weighted by molar-refractivity contribution is -0.133. The molecule has 0 bridgehead atoms. The molecule has 0 radical (unpaired) electrons. The summed E-state index contributed by atoms with van der Waals surface area (Å²) < 4.78 is 0. The van der Waals surface area contributed by atoms with Gasteiger partial charge in [0.1, 0.15) is 6.04 Å². The van der Waals surface area contributed by atoms with Crippen LogP contribution in [0, 0.1) is 0 Å². The summed E-state index contributed by atoms with van der Waals surface area (Å²) in [5.41, 5.74) is -0.222. The molecule has 0 spiro atoms. The highest BCUT2D eigenvalue weighted by Crippen LogP contribution is 2.12. The predicted octanol–water partition coefficient (Wildman–Crippen LogP) is 0.0896. The highest BCUT2D eigenvalue weighted by molar-refractivity contribution is 5.85.